The molecule has 0 radical (unpaired) electrons. The predicted octanol–water partition coefficient (Wildman–Crippen LogP) is 2.08. The molecule has 0 spiro atoms. The van der Waals surface area contributed by atoms with Gasteiger partial charge in [0.15, 0.2) is 11.6 Å². The fraction of sp³-hybridized carbons (Fsp3) is 0.417. The second-order valence-corrected chi connectivity index (χ2v) is 3.81. The molecule has 5 heteroatoms. The van der Waals surface area contributed by atoms with Crippen molar-refractivity contribution in [3.63, 3.8) is 0 Å². The molecule has 0 saturated carbocycles. The van der Waals surface area contributed by atoms with Crippen molar-refractivity contribution >= 4 is 5.97 Å². The summed E-state index contributed by atoms with van der Waals surface area (Å²) in [6, 6.07) is 5.70. The molecule has 1 N–H and O–H groups in total. The number of hydrogen-bond acceptors (Lipinski definition) is 3. The smallest absolute Gasteiger partial charge is 0.347 e. The minimum Gasteiger partial charge on any atom is -0.478 e. The molecule has 1 aromatic carbocycles. The van der Waals surface area contributed by atoms with Crippen LogP contribution in [0.2, 0.25) is 0 Å². The van der Waals surface area contributed by atoms with Gasteiger partial charge in [0.05, 0.1) is 6.61 Å². The molecule has 4 nitrogen and oxygen atoms in total. The van der Waals surface area contributed by atoms with Gasteiger partial charge in [-0.15, -0.1) is 0 Å². The van der Waals surface area contributed by atoms with Crippen molar-refractivity contribution in [2.24, 2.45) is 0 Å². The fourth-order valence-corrected chi connectivity index (χ4v) is 1.27. The summed E-state index contributed by atoms with van der Waals surface area (Å²) in [6.07, 6.45) is 0.132. The lowest BCUT2D eigenvalue weighted by atomic mass is 10.0. The topological polar surface area (TPSA) is 55.8 Å². The average Bonchev–Trinajstić information content (AvgIpc) is 2.29. The first-order valence-electron chi connectivity index (χ1n) is 5.15. The zero-order chi connectivity index (χ0) is 12.9. The molecule has 0 amide bonds. The molecule has 0 fully saturated rings. The number of hydrogen-bond donors (Lipinski definition) is 1. The highest BCUT2D eigenvalue weighted by Gasteiger charge is 2.36. The molecule has 17 heavy (non-hydrogen) atoms. The zero-order valence-electron chi connectivity index (χ0n) is 9.77. The molecule has 0 aliphatic rings. The summed E-state index contributed by atoms with van der Waals surface area (Å²) in [5, 5.41) is 9.11. The SMILES string of the molecule is COCCC(C)(Oc1ccccc1F)C(=O)O. The van der Waals surface area contributed by atoms with E-state index in [1.807, 2.05) is 0 Å². The van der Waals surface area contributed by atoms with Gasteiger partial charge in [-0.2, -0.15) is 0 Å². The Morgan fingerprint density at radius 2 is 2.12 bits per heavy atom. The van der Waals surface area contributed by atoms with E-state index in [4.69, 9.17) is 14.6 Å². The highest BCUT2D eigenvalue weighted by molar-refractivity contribution is 5.77. The number of carboxylic acids is 1. The molecule has 1 unspecified atom stereocenters. The number of benzene rings is 1. The second kappa shape index (κ2) is 5.63. The quantitative estimate of drug-likeness (QED) is 0.829. The van der Waals surface area contributed by atoms with Gasteiger partial charge in [0, 0.05) is 13.5 Å². The van der Waals surface area contributed by atoms with Crippen molar-refractivity contribution in [3.05, 3.63) is 30.1 Å². The van der Waals surface area contributed by atoms with Crippen LogP contribution in [0.3, 0.4) is 0 Å². The zero-order valence-corrected chi connectivity index (χ0v) is 9.77. The molecule has 0 aromatic heterocycles. The summed E-state index contributed by atoms with van der Waals surface area (Å²) in [7, 11) is 1.46. The van der Waals surface area contributed by atoms with Gasteiger partial charge in [-0.25, -0.2) is 9.18 Å². The molecule has 1 atom stereocenters. The summed E-state index contributed by atoms with van der Waals surface area (Å²) in [6.45, 7) is 1.61. The van der Waals surface area contributed by atoms with Gasteiger partial charge in [0.2, 0.25) is 5.60 Å². The number of rotatable bonds is 6. The molecule has 0 aliphatic carbocycles. The molecule has 94 valence electrons. The molecule has 0 aliphatic heterocycles. The van der Waals surface area contributed by atoms with Gasteiger partial charge in [0.25, 0.3) is 0 Å². The number of aliphatic carboxylic acids is 1. The van der Waals surface area contributed by atoms with Crippen LogP contribution in [0.4, 0.5) is 4.39 Å². The van der Waals surface area contributed by atoms with Crippen molar-refractivity contribution in [1.29, 1.82) is 0 Å². The largest absolute Gasteiger partial charge is 0.478 e. The Kier molecular flexibility index (Phi) is 4.45. The molecule has 0 bridgehead atoms. The van der Waals surface area contributed by atoms with Gasteiger partial charge in [-0.1, -0.05) is 12.1 Å². The van der Waals surface area contributed by atoms with Crippen LogP contribution in [-0.2, 0) is 9.53 Å². The third-order valence-electron chi connectivity index (χ3n) is 2.41. The summed E-state index contributed by atoms with van der Waals surface area (Å²) in [5.41, 5.74) is -1.50. The third-order valence-corrected chi connectivity index (χ3v) is 2.41. The van der Waals surface area contributed by atoms with Gasteiger partial charge in [0.1, 0.15) is 0 Å². The standard InChI is InChI=1S/C12H15FO4/c1-12(11(14)15,7-8-16-2)17-10-6-4-3-5-9(10)13/h3-6H,7-8H2,1-2H3,(H,14,15). The van der Waals surface area contributed by atoms with Crippen molar-refractivity contribution in [2.45, 2.75) is 18.9 Å². The molecule has 1 aromatic rings. The van der Waals surface area contributed by atoms with E-state index in [0.717, 1.165) is 0 Å². The predicted molar refractivity (Wildman–Crippen MR) is 59.6 cm³/mol. The van der Waals surface area contributed by atoms with Crippen LogP contribution in [0.15, 0.2) is 24.3 Å². The minimum atomic E-state index is -1.50. The van der Waals surface area contributed by atoms with Crippen LogP contribution in [0, 0.1) is 5.82 Å². The van der Waals surface area contributed by atoms with Crippen molar-refractivity contribution in [2.75, 3.05) is 13.7 Å². The average molecular weight is 242 g/mol. The fourth-order valence-electron chi connectivity index (χ4n) is 1.27. The molecular weight excluding hydrogens is 227 g/mol. The maximum Gasteiger partial charge on any atom is 0.347 e. The molecular formula is C12H15FO4. The third kappa shape index (κ3) is 3.42. The van der Waals surface area contributed by atoms with Crippen LogP contribution >= 0.6 is 0 Å². The Balaban J connectivity index is 2.87. The number of carboxylic acid groups (broad SMARTS) is 1. The molecule has 0 saturated heterocycles. The van der Waals surface area contributed by atoms with Crippen molar-refractivity contribution in [1.82, 2.24) is 0 Å². The van der Waals surface area contributed by atoms with Gasteiger partial charge >= 0.3 is 5.97 Å². The highest BCUT2D eigenvalue weighted by atomic mass is 19.1. The van der Waals surface area contributed by atoms with E-state index >= 15 is 0 Å². The van der Waals surface area contributed by atoms with Gasteiger partial charge < -0.3 is 14.6 Å². The van der Waals surface area contributed by atoms with E-state index in [9.17, 15) is 9.18 Å². The summed E-state index contributed by atoms with van der Waals surface area (Å²) in [5.74, 6) is -1.82. The van der Waals surface area contributed by atoms with E-state index < -0.39 is 17.4 Å². The maximum atomic E-state index is 13.4. The normalized spacial score (nSPS) is 14.1. The maximum absolute atomic E-state index is 13.4. The molecule has 1 rings (SSSR count). The number of halogens is 1. The second-order valence-electron chi connectivity index (χ2n) is 3.81. The van der Waals surface area contributed by atoms with Gasteiger partial charge in [-0.05, 0) is 19.1 Å². The van der Waals surface area contributed by atoms with E-state index in [-0.39, 0.29) is 18.8 Å². The van der Waals surface area contributed by atoms with Crippen molar-refractivity contribution in [3.8, 4) is 5.75 Å². The number of methoxy groups -OCH3 is 1. The Morgan fingerprint density at radius 3 is 2.65 bits per heavy atom. The monoisotopic (exact) mass is 242 g/mol. The molecule has 0 heterocycles. The lowest BCUT2D eigenvalue weighted by molar-refractivity contribution is -0.155. The van der Waals surface area contributed by atoms with Crippen LogP contribution < -0.4 is 4.74 Å². The van der Waals surface area contributed by atoms with Crippen LogP contribution in [0.1, 0.15) is 13.3 Å². The van der Waals surface area contributed by atoms with Gasteiger partial charge in [-0.3, -0.25) is 0 Å². The highest BCUT2D eigenvalue weighted by Crippen LogP contribution is 2.24. The number of ether oxygens (including phenoxy) is 2. The van der Waals surface area contributed by atoms with E-state index in [0.29, 0.717) is 0 Å². The van der Waals surface area contributed by atoms with E-state index in [1.165, 1.54) is 32.2 Å². The van der Waals surface area contributed by atoms with Crippen LogP contribution in [-0.4, -0.2) is 30.4 Å². The first kappa shape index (κ1) is 13.4. The first-order valence-corrected chi connectivity index (χ1v) is 5.15. The lowest BCUT2D eigenvalue weighted by Crippen LogP contribution is -2.42. The summed E-state index contributed by atoms with van der Waals surface area (Å²) < 4.78 is 23.4. The first-order chi connectivity index (χ1) is 7.99. The summed E-state index contributed by atoms with van der Waals surface area (Å²) in [4.78, 5) is 11.1. The minimum absolute atomic E-state index is 0.0755. The number of para-hydroxylation sites is 1. The van der Waals surface area contributed by atoms with Crippen LogP contribution in [0.5, 0.6) is 5.75 Å². The van der Waals surface area contributed by atoms with E-state index in [2.05, 4.69) is 0 Å². The summed E-state index contributed by atoms with van der Waals surface area (Å²) >= 11 is 0. The Hall–Kier alpha value is -1.62. The Labute approximate surface area is 99.0 Å². The Morgan fingerprint density at radius 1 is 1.47 bits per heavy atom. The Bertz CT molecular complexity index is 394. The van der Waals surface area contributed by atoms with E-state index in [1.54, 1.807) is 6.07 Å². The van der Waals surface area contributed by atoms with Crippen molar-refractivity contribution < 1.29 is 23.8 Å². The van der Waals surface area contributed by atoms with Crippen LogP contribution in [0.25, 0.3) is 0 Å². The number of carbonyl (C=O) groups is 1. The lowest BCUT2D eigenvalue weighted by Gasteiger charge is -2.26.